The minimum Gasteiger partial charge on any atom is -0.385 e. The molecular weight excluding hydrogens is 464 g/mol. The van der Waals surface area contributed by atoms with Crippen LogP contribution in [0.25, 0.3) is 0 Å². The zero-order chi connectivity index (χ0) is 25.9. The summed E-state index contributed by atoms with van der Waals surface area (Å²) in [5, 5.41) is 6.07. The SMILES string of the molecule is COCCCNC(=O)c1cc(NC(=O)CCC2CCCC2)ccc1N1CCN(Cc2ccccc2)CC1. The Morgan fingerprint density at radius 2 is 1.76 bits per heavy atom. The first-order valence-electron chi connectivity index (χ1n) is 13.8. The molecular formula is C30H42N4O3. The molecule has 0 radical (unpaired) electrons. The molecule has 2 aromatic rings. The number of methoxy groups -OCH3 is 1. The fourth-order valence-corrected chi connectivity index (χ4v) is 5.43. The average molecular weight is 507 g/mol. The highest BCUT2D eigenvalue weighted by Gasteiger charge is 2.23. The van der Waals surface area contributed by atoms with E-state index in [4.69, 9.17) is 4.74 Å². The van der Waals surface area contributed by atoms with E-state index in [1.807, 2.05) is 24.3 Å². The van der Waals surface area contributed by atoms with E-state index in [0.29, 0.717) is 36.7 Å². The van der Waals surface area contributed by atoms with Crippen molar-refractivity contribution in [1.82, 2.24) is 10.2 Å². The number of rotatable bonds is 12. The molecule has 7 nitrogen and oxygen atoms in total. The maximum absolute atomic E-state index is 13.2. The van der Waals surface area contributed by atoms with Crippen molar-refractivity contribution >= 4 is 23.2 Å². The minimum atomic E-state index is -0.111. The second kappa shape index (κ2) is 14.1. The number of benzene rings is 2. The molecule has 1 aliphatic heterocycles. The summed E-state index contributed by atoms with van der Waals surface area (Å²) < 4.78 is 5.11. The number of ether oxygens (including phenoxy) is 1. The van der Waals surface area contributed by atoms with Crippen LogP contribution in [0, 0.1) is 5.92 Å². The molecule has 2 aromatic carbocycles. The van der Waals surface area contributed by atoms with E-state index >= 15 is 0 Å². The predicted molar refractivity (Wildman–Crippen MR) is 149 cm³/mol. The van der Waals surface area contributed by atoms with E-state index < -0.39 is 0 Å². The number of hydrogen-bond donors (Lipinski definition) is 2. The molecule has 7 heteroatoms. The Balaban J connectivity index is 1.40. The van der Waals surface area contributed by atoms with Gasteiger partial charge in [-0.2, -0.15) is 0 Å². The van der Waals surface area contributed by atoms with Crippen LogP contribution in [0.5, 0.6) is 0 Å². The molecule has 37 heavy (non-hydrogen) atoms. The van der Waals surface area contributed by atoms with Gasteiger partial charge in [-0.15, -0.1) is 0 Å². The van der Waals surface area contributed by atoms with Gasteiger partial charge in [0.1, 0.15) is 0 Å². The molecule has 200 valence electrons. The first-order chi connectivity index (χ1) is 18.1. The van der Waals surface area contributed by atoms with Crippen LogP contribution in [0.4, 0.5) is 11.4 Å². The number of carbonyl (C=O) groups is 2. The molecule has 1 saturated heterocycles. The van der Waals surface area contributed by atoms with Crippen LogP contribution < -0.4 is 15.5 Å². The second-order valence-electron chi connectivity index (χ2n) is 10.3. The molecule has 2 amide bonds. The normalized spacial score (nSPS) is 16.6. The van der Waals surface area contributed by atoms with E-state index in [9.17, 15) is 9.59 Å². The monoisotopic (exact) mass is 506 g/mol. The van der Waals surface area contributed by atoms with Gasteiger partial charge >= 0.3 is 0 Å². The molecule has 2 N–H and O–H groups in total. The topological polar surface area (TPSA) is 73.9 Å². The number of hydrogen-bond acceptors (Lipinski definition) is 5. The van der Waals surface area contributed by atoms with Crippen LogP contribution in [0.15, 0.2) is 48.5 Å². The van der Waals surface area contributed by atoms with Gasteiger partial charge in [0.05, 0.1) is 5.56 Å². The number of anilines is 2. The van der Waals surface area contributed by atoms with E-state index in [1.54, 1.807) is 7.11 Å². The Labute approximate surface area is 221 Å². The van der Waals surface area contributed by atoms with Crippen LogP contribution in [0.1, 0.15) is 60.9 Å². The zero-order valence-electron chi connectivity index (χ0n) is 22.2. The van der Waals surface area contributed by atoms with E-state index in [1.165, 1.54) is 31.2 Å². The maximum Gasteiger partial charge on any atom is 0.253 e. The molecule has 0 spiro atoms. The van der Waals surface area contributed by atoms with Crippen LogP contribution >= 0.6 is 0 Å². The van der Waals surface area contributed by atoms with Crippen molar-refractivity contribution in [3.63, 3.8) is 0 Å². The van der Waals surface area contributed by atoms with Gasteiger partial charge in [-0.1, -0.05) is 56.0 Å². The largest absolute Gasteiger partial charge is 0.385 e. The van der Waals surface area contributed by atoms with Crippen LogP contribution in [-0.4, -0.2) is 63.2 Å². The van der Waals surface area contributed by atoms with E-state index in [-0.39, 0.29) is 11.8 Å². The van der Waals surface area contributed by atoms with Crippen LogP contribution in [0.3, 0.4) is 0 Å². The zero-order valence-corrected chi connectivity index (χ0v) is 22.2. The Kier molecular flexibility index (Phi) is 10.4. The highest BCUT2D eigenvalue weighted by Crippen LogP contribution is 2.29. The lowest BCUT2D eigenvalue weighted by Crippen LogP contribution is -2.46. The average Bonchev–Trinajstić information content (AvgIpc) is 3.45. The van der Waals surface area contributed by atoms with Gasteiger partial charge in [-0.05, 0) is 42.5 Å². The first-order valence-corrected chi connectivity index (χ1v) is 13.8. The molecule has 1 heterocycles. The van der Waals surface area contributed by atoms with Crippen molar-refractivity contribution in [2.75, 3.05) is 56.7 Å². The Morgan fingerprint density at radius 3 is 2.49 bits per heavy atom. The van der Waals surface area contributed by atoms with Crippen molar-refractivity contribution in [3.05, 3.63) is 59.7 Å². The predicted octanol–water partition coefficient (Wildman–Crippen LogP) is 4.68. The summed E-state index contributed by atoms with van der Waals surface area (Å²) in [6, 6.07) is 16.3. The molecule has 1 aliphatic carbocycles. The van der Waals surface area contributed by atoms with E-state index in [2.05, 4.69) is 44.7 Å². The van der Waals surface area contributed by atoms with E-state index in [0.717, 1.165) is 51.3 Å². The van der Waals surface area contributed by atoms with Crippen molar-refractivity contribution < 1.29 is 14.3 Å². The lowest BCUT2D eigenvalue weighted by atomic mass is 10.0. The lowest BCUT2D eigenvalue weighted by molar-refractivity contribution is -0.116. The Morgan fingerprint density at radius 1 is 1.00 bits per heavy atom. The highest BCUT2D eigenvalue weighted by atomic mass is 16.5. The molecule has 0 bridgehead atoms. The summed E-state index contributed by atoms with van der Waals surface area (Å²) in [6.07, 6.45) is 7.31. The van der Waals surface area contributed by atoms with Crippen LogP contribution in [0.2, 0.25) is 0 Å². The summed E-state index contributed by atoms with van der Waals surface area (Å²) in [4.78, 5) is 30.6. The number of nitrogens with one attached hydrogen (secondary N) is 2. The van der Waals surface area contributed by atoms with Gasteiger partial charge in [0.25, 0.3) is 5.91 Å². The molecule has 0 atom stereocenters. The van der Waals surface area contributed by atoms with Gasteiger partial charge < -0.3 is 20.3 Å². The van der Waals surface area contributed by atoms with Gasteiger partial charge in [0.2, 0.25) is 5.91 Å². The maximum atomic E-state index is 13.2. The smallest absolute Gasteiger partial charge is 0.253 e. The first kappa shape index (κ1) is 27.1. The Bertz CT molecular complexity index is 999. The Hall–Kier alpha value is -2.90. The van der Waals surface area contributed by atoms with Gasteiger partial charge in [0, 0.05) is 70.8 Å². The van der Waals surface area contributed by atoms with Crippen molar-refractivity contribution in [2.45, 2.75) is 51.5 Å². The number of piperazine rings is 1. The standard InChI is InChI=1S/C30H42N4O3/c1-37-21-7-16-31-30(36)27-22-26(32-29(35)15-12-24-8-5-6-9-24)13-14-28(27)34-19-17-33(18-20-34)23-25-10-3-2-4-11-25/h2-4,10-11,13-14,22,24H,5-9,12,15-21,23H2,1H3,(H,31,36)(H,32,35). The van der Waals surface area contributed by atoms with Gasteiger partial charge in [0.15, 0.2) is 0 Å². The quantitative estimate of drug-likeness (QED) is 0.409. The molecule has 4 rings (SSSR count). The fourth-order valence-electron chi connectivity index (χ4n) is 5.43. The van der Waals surface area contributed by atoms with Crippen molar-refractivity contribution in [1.29, 1.82) is 0 Å². The number of amides is 2. The van der Waals surface area contributed by atoms with Crippen molar-refractivity contribution in [3.8, 4) is 0 Å². The van der Waals surface area contributed by atoms with Gasteiger partial charge in [-0.3, -0.25) is 14.5 Å². The third-order valence-corrected chi connectivity index (χ3v) is 7.55. The molecule has 1 saturated carbocycles. The third-order valence-electron chi connectivity index (χ3n) is 7.55. The summed E-state index contributed by atoms with van der Waals surface area (Å²) in [7, 11) is 1.66. The highest BCUT2D eigenvalue weighted by molar-refractivity contribution is 6.02. The summed E-state index contributed by atoms with van der Waals surface area (Å²) >= 11 is 0. The lowest BCUT2D eigenvalue weighted by Gasteiger charge is -2.37. The third kappa shape index (κ3) is 8.30. The number of nitrogens with zero attached hydrogens (tertiary/aromatic N) is 2. The van der Waals surface area contributed by atoms with Crippen LogP contribution in [-0.2, 0) is 16.1 Å². The number of carbonyl (C=O) groups excluding carboxylic acids is 2. The molecule has 2 fully saturated rings. The minimum absolute atomic E-state index is 0.0284. The molecule has 2 aliphatic rings. The molecule has 0 aromatic heterocycles. The van der Waals surface area contributed by atoms with Crippen molar-refractivity contribution in [2.24, 2.45) is 5.92 Å². The summed E-state index contributed by atoms with van der Waals surface area (Å²) in [5.41, 5.74) is 3.54. The fraction of sp³-hybridized carbons (Fsp3) is 0.533. The second-order valence-corrected chi connectivity index (χ2v) is 10.3. The summed E-state index contributed by atoms with van der Waals surface area (Å²) in [6.45, 7) is 5.66. The van der Waals surface area contributed by atoms with Gasteiger partial charge in [-0.25, -0.2) is 0 Å². The summed E-state index contributed by atoms with van der Waals surface area (Å²) in [5.74, 6) is 0.600. The molecule has 0 unspecified atom stereocenters.